The maximum atomic E-state index is 12.3. The van der Waals surface area contributed by atoms with Gasteiger partial charge < -0.3 is 9.64 Å². The zero-order valence-electron chi connectivity index (χ0n) is 11.3. The molecule has 0 bridgehead atoms. The number of carbonyl (C=O) groups is 1. The van der Waals surface area contributed by atoms with Gasteiger partial charge in [-0.2, -0.15) is 0 Å². The zero-order valence-corrected chi connectivity index (χ0v) is 11.3. The number of carbonyl (C=O) groups excluding carboxylic acids is 1. The van der Waals surface area contributed by atoms with E-state index in [1.165, 1.54) is 0 Å². The molecule has 0 unspecified atom stereocenters. The fourth-order valence-corrected chi connectivity index (χ4v) is 1.81. The third kappa shape index (κ3) is 2.78. The van der Waals surface area contributed by atoms with E-state index in [0.29, 0.717) is 24.4 Å². The highest BCUT2D eigenvalue weighted by molar-refractivity contribution is 5.97. The van der Waals surface area contributed by atoms with Gasteiger partial charge in [-0.15, -0.1) is 0 Å². The first kappa shape index (κ1) is 13.6. The van der Waals surface area contributed by atoms with Crippen LogP contribution in [0.4, 0.5) is 0 Å². The molecule has 17 heavy (non-hydrogen) atoms. The summed E-state index contributed by atoms with van der Waals surface area (Å²) in [5.74, 6) is 0.694. The van der Waals surface area contributed by atoms with Crippen LogP contribution < -0.4 is 4.74 Å². The molecule has 0 fully saturated rings. The van der Waals surface area contributed by atoms with E-state index in [9.17, 15) is 4.79 Å². The van der Waals surface area contributed by atoms with Gasteiger partial charge in [0.15, 0.2) is 0 Å². The van der Waals surface area contributed by atoms with Crippen molar-refractivity contribution in [1.29, 1.82) is 0 Å². The number of methoxy groups -OCH3 is 1. The predicted molar refractivity (Wildman–Crippen MR) is 69.7 cm³/mol. The van der Waals surface area contributed by atoms with Crippen molar-refractivity contribution in [3.63, 3.8) is 0 Å². The molecule has 1 rings (SSSR count). The van der Waals surface area contributed by atoms with Gasteiger partial charge in [-0.25, -0.2) is 0 Å². The van der Waals surface area contributed by atoms with Crippen LogP contribution in [0, 0.1) is 13.8 Å². The second kappa shape index (κ2) is 5.71. The molecule has 0 N–H and O–H groups in total. The Morgan fingerprint density at radius 3 is 2.18 bits per heavy atom. The number of hydrogen-bond acceptors (Lipinski definition) is 2. The number of amides is 1. The molecule has 0 aliphatic carbocycles. The number of rotatable bonds is 4. The molecule has 0 atom stereocenters. The van der Waals surface area contributed by atoms with Gasteiger partial charge in [0.2, 0.25) is 0 Å². The lowest BCUT2D eigenvalue weighted by Gasteiger charge is -2.20. The molecule has 0 saturated heterocycles. The van der Waals surface area contributed by atoms with Crippen molar-refractivity contribution < 1.29 is 9.53 Å². The van der Waals surface area contributed by atoms with Gasteiger partial charge in [0.1, 0.15) is 5.75 Å². The third-order valence-electron chi connectivity index (χ3n) is 3.10. The molecule has 0 spiro atoms. The molecule has 0 aromatic heterocycles. The zero-order chi connectivity index (χ0) is 13.0. The molecule has 0 heterocycles. The Morgan fingerprint density at radius 1 is 1.18 bits per heavy atom. The summed E-state index contributed by atoms with van der Waals surface area (Å²) in [5, 5.41) is 0. The standard InChI is InChI=1S/C14H21NO2/c1-6-15(7-2)14(16)12-8-10(3)11(4)9-13(12)17-5/h8-9H,6-7H2,1-5H3. The van der Waals surface area contributed by atoms with Gasteiger partial charge in [-0.1, -0.05) is 0 Å². The van der Waals surface area contributed by atoms with Crippen LogP contribution in [0.1, 0.15) is 35.3 Å². The highest BCUT2D eigenvalue weighted by atomic mass is 16.5. The van der Waals surface area contributed by atoms with Crippen LogP contribution in [0.2, 0.25) is 0 Å². The summed E-state index contributed by atoms with van der Waals surface area (Å²) in [6, 6.07) is 3.83. The molecule has 1 aromatic carbocycles. The molecule has 0 radical (unpaired) electrons. The Hall–Kier alpha value is -1.51. The first-order valence-corrected chi connectivity index (χ1v) is 5.99. The van der Waals surface area contributed by atoms with Crippen LogP contribution in [0.5, 0.6) is 5.75 Å². The predicted octanol–water partition coefficient (Wildman–Crippen LogP) is 2.79. The molecule has 3 nitrogen and oxygen atoms in total. The van der Waals surface area contributed by atoms with Gasteiger partial charge in [0.05, 0.1) is 12.7 Å². The Morgan fingerprint density at radius 2 is 1.71 bits per heavy atom. The van der Waals surface area contributed by atoms with E-state index in [1.807, 2.05) is 39.8 Å². The van der Waals surface area contributed by atoms with Gasteiger partial charge in [0.25, 0.3) is 5.91 Å². The van der Waals surface area contributed by atoms with Crippen molar-refractivity contribution in [2.24, 2.45) is 0 Å². The minimum atomic E-state index is 0.0370. The van der Waals surface area contributed by atoms with Crippen molar-refractivity contribution in [2.75, 3.05) is 20.2 Å². The van der Waals surface area contributed by atoms with E-state index >= 15 is 0 Å². The Balaban J connectivity index is 3.20. The van der Waals surface area contributed by atoms with Crippen LogP contribution in [0.15, 0.2) is 12.1 Å². The topological polar surface area (TPSA) is 29.5 Å². The maximum Gasteiger partial charge on any atom is 0.257 e. The lowest BCUT2D eigenvalue weighted by molar-refractivity contribution is 0.0769. The van der Waals surface area contributed by atoms with Crippen LogP contribution >= 0.6 is 0 Å². The number of aryl methyl sites for hydroxylation is 2. The second-order valence-electron chi connectivity index (χ2n) is 4.11. The molecule has 0 aliphatic heterocycles. The van der Waals surface area contributed by atoms with E-state index in [0.717, 1.165) is 11.1 Å². The van der Waals surface area contributed by atoms with Gasteiger partial charge in [-0.3, -0.25) is 4.79 Å². The molecular weight excluding hydrogens is 214 g/mol. The highest BCUT2D eigenvalue weighted by Gasteiger charge is 2.18. The minimum absolute atomic E-state index is 0.0370. The molecule has 0 aliphatic rings. The quantitative estimate of drug-likeness (QED) is 0.803. The Labute approximate surface area is 103 Å². The second-order valence-corrected chi connectivity index (χ2v) is 4.11. The summed E-state index contributed by atoms with van der Waals surface area (Å²) in [5.41, 5.74) is 2.90. The normalized spacial score (nSPS) is 10.2. The minimum Gasteiger partial charge on any atom is -0.496 e. The molecule has 1 aromatic rings. The van der Waals surface area contributed by atoms with Gasteiger partial charge in [-0.05, 0) is 51.0 Å². The first-order chi connectivity index (χ1) is 8.04. The smallest absolute Gasteiger partial charge is 0.257 e. The van der Waals surface area contributed by atoms with Crippen molar-refractivity contribution >= 4 is 5.91 Å². The van der Waals surface area contributed by atoms with Crippen LogP contribution in [0.25, 0.3) is 0 Å². The maximum absolute atomic E-state index is 12.3. The summed E-state index contributed by atoms with van der Waals surface area (Å²) >= 11 is 0. The fraction of sp³-hybridized carbons (Fsp3) is 0.500. The van der Waals surface area contributed by atoms with E-state index < -0.39 is 0 Å². The van der Waals surface area contributed by atoms with Crippen molar-refractivity contribution in [3.8, 4) is 5.75 Å². The summed E-state index contributed by atoms with van der Waals surface area (Å²) in [4.78, 5) is 14.1. The van der Waals surface area contributed by atoms with E-state index in [-0.39, 0.29) is 5.91 Å². The van der Waals surface area contributed by atoms with E-state index in [1.54, 1.807) is 12.0 Å². The lowest BCUT2D eigenvalue weighted by Crippen LogP contribution is -2.30. The average Bonchev–Trinajstić information content (AvgIpc) is 2.33. The summed E-state index contributed by atoms with van der Waals surface area (Å²) in [7, 11) is 1.60. The number of nitrogens with zero attached hydrogens (tertiary/aromatic N) is 1. The monoisotopic (exact) mass is 235 g/mol. The van der Waals surface area contributed by atoms with Crippen LogP contribution in [0.3, 0.4) is 0 Å². The highest BCUT2D eigenvalue weighted by Crippen LogP contribution is 2.24. The molecule has 3 heteroatoms. The number of ether oxygens (including phenoxy) is 1. The van der Waals surface area contributed by atoms with E-state index in [2.05, 4.69) is 0 Å². The Bertz CT molecular complexity index is 409. The number of hydrogen-bond donors (Lipinski definition) is 0. The SMILES string of the molecule is CCN(CC)C(=O)c1cc(C)c(C)cc1OC. The fourth-order valence-electron chi connectivity index (χ4n) is 1.81. The molecule has 1 amide bonds. The Kier molecular flexibility index (Phi) is 4.55. The van der Waals surface area contributed by atoms with Crippen molar-refractivity contribution in [3.05, 3.63) is 28.8 Å². The summed E-state index contributed by atoms with van der Waals surface area (Å²) in [6.45, 7) is 9.41. The molecule has 94 valence electrons. The van der Waals surface area contributed by atoms with E-state index in [4.69, 9.17) is 4.74 Å². The van der Waals surface area contributed by atoms with Gasteiger partial charge >= 0.3 is 0 Å². The van der Waals surface area contributed by atoms with Crippen LogP contribution in [-0.2, 0) is 0 Å². The van der Waals surface area contributed by atoms with Gasteiger partial charge in [0, 0.05) is 13.1 Å². The summed E-state index contributed by atoms with van der Waals surface area (Å²) in [6.07, 6.45) is 0. The van der Waals surface area contributed by atoms with Crippen molar-refractivity contribution in [1.82, 2.24) is 4.90 Å². The number of benzene rings is 1. The molecule has 0 saturated carbocycles. The van der Waals surface area contributed by atoms with Crippen LogP contribution in [-0.4, -0.2) is 31.0 Å². The average molecular weight is 235 g/mol. The van der Waals surface area contributed by atoms with Crippen molar-refractivity contribution in [2.45, 2.75) is 27.7 Å². The lowest BCUT2D eigenvalue weighted by atomic mass is 10.0. The third-order valence-corrected chi connectivity index (χ3v) is 3.10. The first-order valence-electron chi connectivity index (χ1n) is 5.99. The molecular formula is C14H21NO2. The largest absolute Gasteiger partial charge is 0.496 e. The summed E-state index contributed by atoms with van der Waals surface area (Å²) < 4.78 is 5.29.